The molecule has 0 saturated heterocycles. The highest BCUT2D eigenvalue weighted by atomic mass is 17.1. The van der Waals surface area contributed by atoms with E-state index in [1.165, 1.54) is 0 Å². The molecule has 1 aromatic rings. The van der Waals surface area contributed by atoms with Gasteiger partial charge in [0.1, 0.15) is 25.0 Å². The summed E-state index contributed by atoms with van der Waals surface area (Å²) in [7, 11) is 0. The summed E-state index contributed by atoms with van der Waals surface area (Å²) < 4.78 is 5.56. The van der Waals surface area contributed by atoms with E-state index in [1.54, 1.807) is 24.3 Å². The molecule has 9 heteroatoms. The van der Waals surface area contributed by atoms with E-state index in [2.05, 4.69) is 27.3 Å². The molecule has 1 rings (SSSR count). The van der Waals surface area contributed by atoms with Gasteiger partial charge in [-0.05, 0) is 30.5 Å². The predicted octanol–water partition coefficient (Wildman–Crippen LogP) is 2.55. The number of ether oxygens (including phenoxy) is 1. The monoisotopic (exact) mass is 426 g/mol. The van der Waals surface area contributed by atoms with Gasteiger partial charge in [0.25, 0.3) is 0 Å². The van der Waals surface area contributed by atoms with Crippen LogP contribution >= 0.6 is 0 Å². The Balaban J connectivity index is 2.74. The molecule has 0 aromatic heterocycles. The predicted molar refractivity (Wildman–Crippen MR) is 111 cm³/mol. The number of amides is 2. The third-order valence-electron chi connectivity index (χ3n) is 4.40. The molecule has 0 aliphatic heterocycles. The summed E-state index contributed by atoms with van der Waals surface area (Å²) in [6, 6.07) is 6.31. The third kappa shape index (κ3) is 10.5. The second-order valence-electron chi connectivity index (χ2n) is 7.05. The zero-order valence-corrected chi connectivity index (χ0v) is 17.8. The lowest BCUT2D eigenvalue weighted by atomic mass is 10.0. The summed E-state index contributed by atoms with van der Waals surface area (Å²) in [6.45, 7) is 4.24. The van der Waals surface area contributed by atoms with Crippen LogP contribution in [0.3, 0.4) is 0 Å². The van der Waals surface area contributed by atoms with Crippen molar-refractivity contribution in [2.24, 2.45) is 0 Å². The van der Waals surface area contributed by atoms with Crippen LogP contribution in [-0.2, 0) is 25.8 Å². The van der Waals surface area contributed by atoms with Crippen molar-refractivity contribution < 1.29 is 34.6 Å². The molecule has 0 spiro atoms. The molecular weight excluding hydrogens is 392 g/mol. The third-order valence-corrected chi connectivity index (χ3v) is 4.40. The minimum absolute atomic E-state index is 0.151. The van der Waals surface area contributed by atoms with E-state index in [1.807, 2.05) is 6.92 Å². The fourth-order valence-corrected chi connectivity index (χ4v) is 2.83. The molecule has 9 nitrogen and oxygen atoms in total. The topological polar surface area (TPSA) is 126 Å². The number of hydrogen-bond donors (Lipinski definition) is 4. The zero-order valence-electron chi connectivity index (χ0n) is 17.8. The Morgan fingerprint density at radius 3 is 2.23 bits per heavy atom. The average Bonchev–Trinajstić information content (AvgIpc) is 2.72. The van der Waals surface area contributed by atoms with Crippen molar-refractivity contribution in [1.82, 2.24) is 10.6 Å². The lowest BCUT2D eigenvalue weighted by Gasteiger charge is -2.19. The summed E-state index contributed by atoms with van der Waals surface area (Å²) in [5.41, 5.74) is 0.848. The number of carbonyl (C=O) groups is 2. The maximum Gasteiger partial charge on any atom is 0.242 e. The van der Waals surface area contributed by atoms with Gasteiger partial charge in [0.2, 0.25) is 11.8 Å². The first-order valence-electron chi connectivity index (χ1n) is 10.4. The molecule has 30 heavy (non-hydrogen) atoms. The normalized spacial score (nSPS) is 11.9. The van der Waals surface area contributed by atoms with Gasteiger partial charge in [-0.25, -0.2) is 9.78 Å². The molecule has 170 valence electrons. The van der Waals surface area contributed by atoms with E-state index in [0.29, 0.717) is 31.6 Å². The van der Waals surface area contributed by atoms with Crippen molar-refractivity contribution in [3.63, 3.8) is 0 Å². The van der Waals surface area contributed by atoms with Crippen molar-refractivity contribution in [2.75, 3.05) is 19.8 Å². The first-order chi connectivity index (χ1) is 14.5. The van der Waals surface area contributed by atoms with Crippen LogP contribution in [0.1, 0.15) is 51.5 Å². The number of hydrogen-bond acceptors (Lipinski definition) is 7. The van der Waals surface area contributed by atoms with E-state index in [9.17, 15) is 9.59 Å². The van der Waals surface area contributed by atoms with E-state index in [-0.39, 0.29) is 25.0 Å². The fraction of sp³-hybridized carbons (Fsp3) is 0.619. The van der Waals surface area contributed by atoms with Gasteiger partial charge < -0.3 is 15.4 Å². The van der Waals surface area contributed by atoms with Gasteiger partial charge in [-0.15, -0.1) is 0 Å². The Morgan fingerprint density at radius 1 is 1.00 bits per heavy atom. The minimum atomic E-state index is -0.694. The van der Waals surface area contributed by atoms with Crippen molar-refractivity contribution in [3.05, 3.63) is 29.8 Å². The zero-order chi connectivity index (χ0) is 22.2. The van der Waals surface area contributed by atoms with Crippen LogP contribution in [-0.4, -0.2) is 54.2 Å². The summed E-state index contributed by atoms with van der Waals surface area (Å²) in [5, 5.41) is 22.8. The van der Waals surface area contributed by atoms with Crippen molar-refractivity contribution in [3.8, 4) is 5.75 Å². The van der Waals surface area contributed by atoms with Gasteiger partial charge in [-0.2, -0.15) is 0 Å². The lowest BCUT2D eigenvalue weighted by Crippen LogP contribution is -2.48. The molecule has 0 saturated carbocycles. The van der Waals surface area contributed by atoms with Crippen LogP contribution in [0.5, 0.6) is 5.75 Å². The van der Waals surface area contributed by atoms with Crippen molar-refractivity contribution >= 4 is 11.8 Å². The Bertz CT molecular complexity index is 604. The molecule has 0 bridgehead atoms. The van der Waals surface area contributed by atoms with Crippen LogP contribution < -0.4 is 15.4 Å². The van der Waals surface area contributed by atoms with E-state index in [4.69, 9.17) is 15.3 Å². The Morgan fingerprint density at radius 2 is 1.67 bits per heavy atom. The van der Waals surface area contributed by atoms with Gasteiger partial charge in [-0.1, -0.05) is 38.8 Å². The quantitative estimate of drug-likeness (QED) is 0.182. The first-order valence-corrected chi connectivity index (χ1v) is 10.4. The summed E-state index contributed by atoms with van der Waals surface area (Å²) in [6.07, 6.45) is 3.74. The van der Waals surface area contributed by atoms with Crippen LogP contribution in [0.15, 0.2) is 24.3 Å². The highest BCUT2D eigenvalue weighted by Gasteiger charge is 2.21. The lowest BCUT2D eigenvalue weighted by molar-refractivity contribution is -0.286. The summed E-state index contributed by atoms with van der Waals surface area (Å²) in [4.78, 5) is 32.7. The number of benzene rings is 1. The molecule has 4 N–H and O–H groups in total. The molecule has 1 unspecified atom stereocenters. The molecule has 0 fully saturated rings. The van der Waals surface area contributed by atoms with Gasteiger partial charge in [0.15, 0.2) is 6.10 Å². The number of unbranched alkanes of at least 4 members (excludes halogenated alkanes) is 2. The number of nitrogens with one attached hydrogen (secondary N) is 2. The molecule has 0 aliphatic carbocycles. The highest BCUT2D eigenvalue weighted by Crippen LogP contribution is 2.16. The molecule has 0 radical (unpaired) electrons. The van der Waals surface area contributed by atoms with Gasteiger partial charge >= 0.3 is 0 Å². The fourth-order valence-electron chi connectivity index (χ4n) is 2.83. The second-order valence-corrected chi connectivity index (χ2v) is 7.05. The van der Waals surface area contributed by atoms with E-state index < -0.39 is 12.1 Å². The van der Waals surface area contributed by atoms with E-state index >= 15 is 0 Å². The maximum atomic E-state index is 12.6. The smallest absolute Gasteiger partial charge is 0.242 e. The molecule has 1 atom stereocenters. The molecule has 2 amide bonds. The molecular formula is C21H34N2O7. The minimum Gasteiger partial charge on any atom is -0.485 e. The molecule has 0 heterocycles. The Kier molecular flexibility index (Phi) is 13.4. The SMILES string of the molecule is CCCCCNC(=O)C(Cc1ccc(OC(COO)COO)cc1)NC(=O)CCC. The Hall–Kier alpha value is -2.20. The van der Waals surface area contributed by atoms with Gasteiger partial charge in [0.05, 0.1) is 0 Å². The summed E-state index contributed by atoms with van der Waals surface area (Å²) in [5.74, 6) is 0.131. The number of rotatable bonds is 16. The average molecular weight is 427 g/mol. The second kappa shape index (κ2) is 15.6. The highest BCUT2D eigenvalue weighted by molar-refractivity contribution is 5.87. The maximum absolute atomic E-state index is 12.6. The largest absolute Gasteiger partial charge is 0.485 e. The molecule has 1 aromatic carbocycles. The van der Waals surface area contributed by atoms with Crippen LogP contribution in [0, 0.1) is 0 Å². The standard InChI is InChI=1S/C21H34N2O7/c1-3-5-6-12-22-21(25)19(23-20(24)7-4-2)13-16-8-10-17(11-9-16)30-18(14-28-26)15-29-27/h8-11,18-19,26-27H,3-7,12-15H2,1-2H3,(H,22,25)(H,23,24). The van der Waals surface area contributed by atoms with Crippen molar-refractivity contribution in [2.45, 2.75) is 64.5 Å². The molecule has 0 aliphatic rings. The van der Waals surface area contributed by atoms with Crippen LogP contribution in [0.4, 0.5) is 0 Å². The van der Waals surface area contributed by atoms with Gasteiger partial charge in [-0.3, -0.25) is 20.1 Å². The van der Waals surface area contributed by atoms with Crippen molar-refractivity contribution in [1.29, 1.82) is 0 Å². The van der Waals surface area contributed by atoms with Gasteiger partial charge in [0, 0.05) is 19.4 Å². The van der Waals surface area contributed by atoms with Crippen LogP contribution in [0.2, 0.25) is 0 Å². The first kappa shape index (κ1) is 25.8. The summed E-state index contributed by atoms with van der Waals surface area (Å²) >= 11 is 0. The van der Waals surface area contributed by atoms with Crippen LogP contribution in [0.25, 0.3) is 0 Å². The van der Waals surface area contributed by atoms with E-state index in [0.717, 1.165) is 24.8 Å². The number of carbonyl (C=O) groups excluding carboxylic acids is 2. The Labute approximate surface area is 177 Å².